The van der Waals surface area contributed by atoms with Crippen LogP contribution in [0.1, 0.15) is 13.3 Å². The fraction of sp³-hybridized carbons (Fsp3) is 0.778. The summed E-state index contributed by atoms with van der Waals surface area (Å²) in [7, 11) is -1.23. The first-order valence-corrected chi connectivity index (χ1v) is 7.54. The van der Waals surface area contributed by atoms with Crippen molar-refractivity contribution >= 4 is 8.07 Å². The zero-order valence-electron chi connectivity index (χ0n) is 7.87. The van der Waals surface area contributed by atoms with Crippen molar-refractivity contribution in [3.8, 4) is 11.5 Å². The Hall–Kier alpha value is -0.293. The second-order valence-electron chi connectivity index (χ2n) is 3.90. The molecular weight excluding hydrogens is 155 g/mol. The van der Waals surface area contributed by atoms with Crippen molar-refractivity contribution in [2.45, 2.75) is 33.0 Å². The van der Waals surface area contributed by atoms with Gasteiger partial charge in [-0.15, -0.1) is 11.5 Å². The van der Waals surface area contributed by atoms with Crippen LogP contribution >= 0.6 is 0 Å². The van der Waals surface area contributed by atoms with Crippen LogP contribution in [0.3, 0.4) is 0 Å². The quantitative estimate of drug-likeness (QED) is 0.444. The van der Waals surface area contributed by atoms with E-state index in [2.05, 4.69) is 31.1 Å². The normalized spacial score (nSPS) is 13.5. The van der Waals surface area contributed by atoms with Gasteiger partial charge >= 0.3 is 0 Å². The van der Waals surface area contributed by atoms with E-state index in [1.807, 2.05) is 6.92 Å². The predicted molar refractivity (Wildman–Crippen MR) is 50.9 cm³/mol. The van der Waals surface area contributed by atoms with Crippen LogP contribution < -0.4 is 0 Å². The van der Waals surface area contributed by atoms with Crippen molar-refractivity contribution in [2.24, 2.45) is 5.92 Å². The molecule has 0 aliphatic heterocycles. The Bertz CT molecular complexity index is 159. The Kier molecular flexibility index (Phi) is 4.44. The summed E-state index contributed by atoms with van der Waals surface area (Å²) in [6, 6.07) is 0. The fourth-order valence-corrected chi connectivity index (χ4v) is 1.25. The molecule has 0 nitrogen and oxygen atoms in total. The third-order valence-corrected chi connectivity index (χ3v) is 2.13. The molecule has 1 atom stereocenters. The van der Waals surface area contributed by atoms with Crippen LogP contribution in [0, 0.1) is 17.4 Å². The minimum atomic E-state index is -1.23. The lowest BCUT2D eigenvalue weighted by Gasteiger charge is -2.05. The Balaban J connectivity index is 3.87. The van der Waals surface area contributed by atoms with Crippen LogP contribution in [0.2, 0.25) is 19.6 Å². The van der Waals surface area contributed by atoms with E-state index in [-0.39, 0.29) is 12.6 Å². The van der Waals surface area contributed by atoms with Crippen molar-refractivity contribution in [2.75, 3.05) is 6.67 Å². The SMILES string of the molecule is CC(C#C[Si](C)(C)C)CCF. The lowest BCUT2D eigenvalue weighted by Crippen LogP contribution is -2.16. The molecule has 0 aromatic rings. The molecule has 0 aromatic carbocycles. The van der Waals surface area contributed by atoms with Crippen molar-refractivity contribution < 1.29 is 4.39 Å². The van der Waals surface area contributed by atoms with Crippen molar-refractivity contribution in [3.63, 3.8) is 0 Å². The summed E-state index contributed by atoms with van der Waals surface area (Å²) in [5.41, 5.74) is 3.23. The van der Waals surface area contributed by atoms with Crippen LogP contribution in [0.4, 0.5) is 4.39 Å². The van der Waals surface area contributed by atoms with E-state index in [1.165, 1.54) is 0 Å². The molecule has 0 saturated heterocycles. The van der Waals surface area contributed by atoms with Crippen LogP contribution in [-0.2, 0) is 0 Å². The molecule has 11 heavy (non-hydrogen) atoms. The number of halogens is 1. The molecule has 0 amide bonds. The third-order valence-electron chi connectivity index (χ3n) is 1.24. The highest BCUT2D eigenvalue weighted by atomic mass is 28.3. The Labute approximate surface area is 70.2 Å². The summed E-state index contributed by atoms with van der Waals surface area (Å²) in [6.07, 6.45) is 0.581. The van der Waals surface area contributed by atoms with Gasteiger partial charge in [-0.3, -0.25) is 4.39 Å². The number of rotatable bonds is 2. The van der Waals surface area contributed by atoms with Crippen LogP contribution in [0.5, 0.6) is 0 Å². The van der Waals surface area contributed by atoms with Gasteiger partial charge in [0.1, 0.15) is 8.07 Å². The van der Waals surface area contributed by atoms with Gasteiger partial charge in [0.15, 0.2) is 0 Å². The van der Waals surface area contributed by atoms with Crippen molar-refractivity contribution in [1.29, 1.82) is 0 Å². The van der Waals surface area contributed by atoms with Gasteiger partial charge in [0.05, 0.1) is 6.67 Å². The number of alkyl halides is 1. The summed E-state index contributed by atoms with van der Waals surface area (Å²) in [5.74, 6) is 3.32. The van der Waals surface area contributed by atoms with Crippen molar-refractivity contribution in [1.82, 2.24) is 0 Å². The lowest BCUT2D eigenvalue weighted by molar-refractivity contribution is 0.442. The molecular formula is C9H17FSi. The van der Waals surface area contributed by atoms with Crippen LogP contribution in [0.15, 0.2) is 0 Å². The van der Waals surface area contributed by atoms with Gasteiger partial charge in [0.25, 0.3) is 0 Å². The first kappa shape index (κ1) is 10.7. The van der Waals surface area contributed by atoms with Gasteiger partial charge in [-0.05, 0) is 6.42 Å². The Morgan fingerprint density at radius 1 is 1.36 bits per heavy atom. The maximum atomic E-state index is 11.8. The van der Waals surface area contributed by atoms with E-state index in [4.69, 9.17) is 0 Å². The predicted octanol–water partition coefficient (Wildman–Crippen LogP) is 2.86. The molecule has 0 saturated carbocycles. The minimum absolute atomic E-state index is 0.228. The molecule has 1 unspecified atom stereocenters. The van der Waals surface area contributed by atoms with Gasteiger partial charge in [-0.2, -0.15) is 0 Å². The third kappa shape index (κ3) is 7.61. The summed E-state index contributed by atoms with van der Waals surface area (Å²) in [4.78, 5) is 0. The van der Waals surface area contributed by atoms with E-state index in [9.17, 15) is 4.39 Å². The number of hydrogen-bond acceptors (Lipinski definition) is 0. The van der Waals surface area contributed by atoms with Gasteiger partial charge in [-0.1, -0.05) is 26.6 Å². The molecule has 64 valence electrons. The first-order valence-electron chi connectivity index (χ1n) is 4.04. The highest BCUT2D eigenvalue weighted by Gasteiger charge is 2.07. The summed E-state index contributed by atoms with van der Waals surface area (Å²) in [6.45, 7) is 8.32. The fourth-order valence-electron chi connectivity index (χ4n) is 0.576. The van der Waals surface area contributed by atoms with Gasteiger partial charge in [0.2, 0.25) is 0 Å². The van der Waals surface area contributed by atoms with Gasteiger partial charge < -0.3 is 0 Å². The largest absolute Gasteiger partial charge is 0.251 e. The Morgan fingerprint density at radius 3 is 2.27 bits per heavy atom. The molecule has 0 heterocycles. The molecule has 2 heteroatoms. The average molecular weight is 172 g/mol. The minimum Gasteiger partial charge on any atom is -0.251 e. The van der Waals surface area contributed by atoms with E-state index in [0.29, 0.717) is 6.42 Å². The molecule has 0 radical (unpaired) electrons. The zero-order chi connectivity index (χ0) is 8.91. The standard InChI is InChI=1S/C9H17FSi/c1-9(5-7-10)6-8-11(2,3)4/h9H,5,7H2,1-4H3. The topological polar surface area (TPSA) is 0 Å². The smallest absolute Gasteiger partial charge is 0.129 e. The zero-order valence-corrected chi connectivity index (χ0v) is 8.87. The second kappa shape index (κ2) is 4.56. The second-order valence-corrected chi connectivity index (χ2v) is 8.65. The molecule has 0 fully saturated rings. The maximum Gasteiger partial charge on any atom is 0.129 e. The van der Waals surface area contributed by atoms with Gasteiger partial charge in [0, 0.05) is 5.92 Å². The molecule has 0 aromatic heterocycles. The molecule has 0 aliphatic carbocycles. The molecule has 0 aliphatic rings. The molecule has 0 N–H and O–H groups in total. The summed E-state index contributed by atoms with van der Waals surface area (Å²) >= 11 is 0. The molecule has 0 bridgehead atoms. The lowest BCUT2D eigenvalue weighted by atomic mass is 10.1. The highest BCUT2D eigenvalue weighted by Crippen LogP contribution is 2.02. The van der Waals surface area contributed by atoms with E-state index >= 15 is 0 Å². The monoisotopic (exact) mass is 172 g/mol. The number of hydrogen-bond donors (Lipinski definition) is 0. The van der Waals surface area contributed by atoms with Crippen molar-refractivity contribution in [3.05, 3.63) is 0 Å². The summed E-state index contributed by atoms with van der Waals surface area (Å²) in [5, 5.41) is 0. The molecule has 0 rings (SSSR count). The maximum absolute atomic E-state index is 11.8. The average Bonchev–Trinajstić information content (AvgIpc) is 1.83. The van der Waals surface area contributed by atoms with E-state index in [1.54, 1.807) is 0 Å². The van der Waals surface area contributed by atoms with Crippen LogP contribution in [-0.4, -0.2) is 14.7 Å². The Morgan fingerprint density at radius 2 is 1.91 bits per heavy atom. The van der Waals surface area contributed by atoms with E-state index < -0.39 is 8.07 Å². The van der Waals surface area contributed by atoms with E-state index in [0.717, 1.165) is 0 Å². The highest BCUT2D eigenvalue weighted by molar-refractivity contribution is 6.83. The molecule has 0 spiro atoms. The van der Waals surface area contributed by atoms with Crippen LogP contribution in [0.25, 0.3) is 0 Å². The van der Waals surface area contributed by atoms with Gasteiger partial charge in [-0.25, -0.2) is 0 Å². The summed E-state index contributed by atoms with van der Waals surface area (Å²) < 4.78 is 11.8. The first-order chi connectivity index (χ1) is 4.95.